The van der Waals surface area contributed by atoms with Crippen LogP contribution in [-0.2, 0) is 6.54 Å². The summed E-state index contributed by atoms with van der Waals surface area (Å²) in [6.07, 6.45) is 0. The Morgan fingerprint density at radius 2 is 1.80 bits per heavy atom. The second-order valence-corrected chi connectivity index (χ2v) is 4.83. The number of aromatic nitrogens is 1. The normalized spacial score (nSPS) is 10.7. The smallest absolute Gasteiger partial charge is 0.129 e. The van der Waals surface area contributed by atoms with Gasteiger partial charge in [-0.3, -0.25) is 0 Å². The summed E-state index contributed by atoms with van der Waals surface area (Å²) < 4.78 is 0. The third-order valence-electron chi connectivity index (χ3n) is 3.35. The van der Waals surface area contributed by atoms with Gasteiger partial charge in [0, 0.05) is 17.5 Å². The molecule has 2 N–H and O–H groups in total. The first kappa shape index (κ1) is 12.5. The molecule has 0 unspecified atom stereocenters. The lowest BCUT2D eigenvalue weighted by Crippen LogP contribution is -2.03. The van der Waals surface area contributed by atoms with Gasteiger partial charge in [0.15, 0.2) is 0 Å². The van der Waals surface area contributed by atoms with Gasteiger partial charge in [0.05, 0.1) is 5.52 Å². The molecule has 0 aliphatic carbocycles. The molecule has 0 saturated heterocycles. The van der Waals surface area contributed by atoms with E-state index in [2.05, 4.69) is 22.4 Å². The number of anilines is 1. The number of hydrogen-bond acceptors (Lipinski definition) is 3. The molecule has 0 aliphatic heterocycles. The van der Waals surface area contributed by atoms with Gasteiger partial charge in [-0.15, -0.1) is 0 Å². The van der Waals surface area contributed by atoms with Crippen molar-refractivity contribution in [3.8, 4) is 5.75 Å². The maximum atomic E-state index is 9.77. The van der Waals surface area contributed by atoms with Gasteiger partial charge in [-0.05, 0) is 30.7 Å². The predicted molar refractivity (Wildman–Crippen MR) is 81.9 cm³/mol. The van der Waals surface area contributed by atoms with Crippen LogP contribution in [-0.4, -0.2) is 10.1 Å². The van der Waals surface area contributed by atoms with Crippen molar-refractivity contribution in [2.45, 2.75) is 13.5 Å². The second kappa shape index (κ2) is 5.21. The summed E-state index contributed by atoms with van der Waals surface area (Å²) in [6.45, 7) is 2.59. The minimum absolute atomic E-state index is 0.304. The van der Waals surface area contributed by atoms with Gasteiger partial charge >= 0.3 is 0 Å². The van der Waals surface area contributed by atoms with Crippen LogP contribution < -0.4 is 5.32 Å². The highest BCUT2D eigenvalue weighted by atomic mass is 16.3. The van der Waals surface area contributed by atoms with E-state index in [9.17, 15) is 5.11 Å². The largest absolute Gasteiger partial charge is 0.508 e. The lowest BCUT2D eigenvalue weighted by Gasteiger charge is -2.11. The van der Waals surface area contributed by atoms with Crippen molar-refractivity contribution in [3.05, 3.63) is 65.7 Å². The number of hydrogen-bond donors (Lipinski definition) is 2. The van der Waals surface area contributed by atoms with Gasteiger partial charge in [0.1, 0.15) is 11.6 Å². The molecule has 3 aromatic rings. The molecule has 3 heteroatoms. The highest BCUT2D eigenvalue weighted by Gasteiger charge is 2.04. The van der Waals surface area contributed by atoms with E-state index in [1.54, 1.807) is 6.07 Å². The molecule has 0 fully saturated rings. The van der Waals surface area contributed by atoms with E-state index >= 15 is 0 Å². The molecule has 3 nitrogen and oxygen atoms in total. The molecule has 2 aromatic carbocycles. The molecule has 1 heterocycles. The molecule has 20 heavy (non-hydrogen) atoms. The topological polar surface area (TPSA) is 45.2 Å². The number of aromatic hydroxyl groups is 1. The van der Waals surface area contributed by atoms with E-state index in [0.717, 1.165) is 27.8 Å². The number of phenols is 1. The van der Waals surface area contributed by atoms with Gasteiger partial charge in [-0.25, -0.2) is 4.98 Å². The summed E-state index contributed by atoms with van der Waals surface area (Å²) in [7, 11) is 0. The zero-order valence-corrected chi connectivity index (χ0v) is 11.3. The van der Waals surface area contributed by atoms with Crippen molar-refractivity contribution in [1.29, 1.82) is 0 Å². The fraction of sp³-hybridized carbons (Fsp3) is 0.118. The van der Waals surface area contributed by atoms with Gasteiger partial charge in [-0.2, -0.15) is 0 Å². The standard InChI is InChI=1S/C17H16N2O/c1-12-10-13-6-2-4-8-15(13)19-17(12)18-11-14-7-3-5-9-16(14)20/h2-10,20H,11H2,1H3,(H,18,19). The number of aryl methyl sites for hydroxylation is 1. The van der Waals surface area contributed by atoms with Crippen LogP contribution in [0.4, 0.5) is 5.82 Å². The van der Waals surface area contributed by atoms with Gasteiger partial charge in [-0.1, -0.05) is 36.4 Å². The van der Waals surface area contributed by atoms with E-state index in [4.69, 9.17) is 0 Å². The average Bonchev–Trinajstić information content (AvgIpc) is 2.46. The fourth-order valence-corrected chi connectivity index (χ4v) is 2.24. The Bertz CT molecular complexity index is 753. The lowest BCUT2D eigenvalue weighted by molar-refractivity contribution is 0.469. The summed E-state index contributed by atoms with van der Waals surface area (Å²) in [5, 5.41) is 14.2. The lowest BCUT2D eigenvalue weighted by atomic mass is 10.1. The van der Waals surface area contributed by atoms with Crippen LogP contribution in [0.2, 0.25) is 0 Å². The quantitative estimate of drug-likeness (QED) is 0.755. The Kier molecular flexibility index (Phi) is 3.25. The number of rotatable bonds is 3. The highest BCUT2D eigenvalue weighted by Crippen LogP contribution is 2.21. The van der Waals surface area contributed by atoms with Crippen molar-refractivity contribution >= 4 is 16.7 Å². The summed E-state index contributed by atoms with van der Waals surface area (Å²) >= 11 is 0. The minimum atomic E-state index is 0.304. The molecule has 0 amide bonds. The molecule has 0 aliphatic rings. The average molecular weight is 264 g/mol. The molecular formula is C17H16N2O. The molecule has 0 spiro atoms. The zero-order valence-electron chi connectivity index (χ0n) is 11.3. The Morgan fingerprint density at radius 1 is 1.05 bits per heavy atom. The highest BCUT2D eigenvalue weighted by molar-refractivity contribution is 5.81. The van der Waals surface area contributed by atoms with Crippen LogP contribution in [0.25, 0.3) is 10.9 Å². The number of benzene rings is 2. The third kappa shape index (κ3) is 2.43. The number of phenolic OH excluding ortho intramolecular Hbond substituents is 1. The van der Waals surface area contributed by atoms with Crippen LogP contribution >= 0.6 is 0 Å². The Morgan fingerprint density at radius 3 is 2.65 bits per heavy atom. The van der Waals surface area contributed by atoms with E-state index in [1.807, 2.05) is 43.3 Å². The summed E-state index contributed by atoms with van der Waals surface area (Å²) in [5.41, 5.74) is 2.93. The fourth-order valence-electron chi connectivity index (χ4n) is 2.24. The number of pyridine rings is 1. The van der Waals surface area contributed by atoms with Gasteiger partial charge < -0.3 is 10.4 Å². The number of nitrogens with one attached hydrogen (secondary N) is 1. The molecule has 100 valence electrons. The van der Waals surface area contributed by atoms with Crippen molar-refractivity contribution in [2.24, 2.45) is 0 Å². The van der Waals surface area contributed by atoms with Crippen molar-refractivity contribution in [1.82, 2.24) is 4.98 Å². The van der Waals surface area contributed by atoms with E-state index in [1.165, 1.54) is 0 Å². The van der Waals surface area contributed by atoms with Crippen molar-refractivity contribution < 1.29 is 5.11 Å². The van der Waals surface area contributed by atoms with Crippen molar-refractivity contribution in [2.75, 3.05) is 5.32 Å². The molecule has 0 bridgehead atoms. The molecule has 3 rings (SSSR count). The Balaban J connectivity index is 1.87. The second-order valence-electron chi connectivity index (χ2n) is 4.83. The molecule has 0 saturated carbocycles. The van der Waals surface area contributed by atoms with Crippen LogP contribution in [0.1, 0.15) is 11.1 Å². The summed E-state index contributed by atoms with van der Waals surface area (Å²) in [5.74, 6) is 1.16. The first-order valence-electron chi connectivity index (χ1n) is 6.61. The number of fused-ring (bicyclic) bond motifs is 1. The minimum Gasteiger partial charge on any atom is -0.508 e. The van der Waals surface area contributed by atoms with Crippen LogP contribution in [0, 0.1) is 6.92 Å². The van der Waals surface area contributed by atoms with Crippen LogP contribution in [0.15, 0.2) is 54.6 Å². The molecule has 0 radical (unpaired) electrons. The maximum absolute atomic E-state index is 9.77. The SMILES string of the molecule is Cc1cc2ccccc2nc1NCc1ccccc1O. The summed E-state index contributed by atoms with van der Waals surface area (Å²) in [4.78, 5) is 4.63. The first-order valence-corrected chi connectivity index (χ1v) is 6.61. The molecule has 0 atom stereocenters. The predicted octanol–water partition coefficient (Wildman–Crippen LogP) is 3.86. The maximum Gasteiger partial charge on any atom is 0.129 e. The van der Waals surface area contributed by atoms with Crippen LogP contribution in [0.3, 0.4) is 0 Å². The van der Waals surface area contributed by atoms with Crippen LogP contribution in [0.5, 0.6) is 5.75 Å². The zero-order chi connectivity index (χ0) is 13.9. The number of para-hydroxylation sites is 2. The van der Waals surface area contributed by atoms with Crippen molar-refractivity contribution in [3.63, 3.8) is 0 Å². The van der Waals surface area contributed by atoms with E-state index < -0.39 is 0 Å². The first-order chi connectivity index (χ1) is 9.74. The summed E-state index contributed by atoms with van der Waals surface area (Å²) in [6, 6.07) is 17.5. The van der Waals surface area contributed by atoms with E-state index in [-0.39, 0.29) is 0 Å². The molecule has 1 aromatic heterocycles. The Labute approximate surface area is 117 Å². The van der Waals surface area contributed by atoms with Gasteiger partial charge in [0.2, 0.25) is 0 Å². The number of nitrogens with zero attached hydrogens (tertiary/aromatic N) is 1. The van der Waals surface area contributed by atoms with E-state index in [0.29, 0.717) is 12.3 Å². The molecular weight excluding hydrogens is 248 g/mol. The Hall–Kier alpha value is -2.55. The monoisotopic (exact) mass is 264 g/mol. The van der Waals surface area contributed by atoms with Gasteiger partial charge in [0.25, 0.3) is 0 Å². The third-order valence-corrected chi connectivity index (χ3v) is 3.35.